The van der Waals surface area contributed by atoms with Gasteiger partial charge in [0.2, 0.25) is 5.91 Å². The van der Waals surface area contributed by atoms with Gasteiger partial charge in [0.25, 0.3) is 0 Å². The van der Waals surface area contributed by atoms with Gasteiger partial charge in [0.05, 0.1) is 5.39 Å². The van der Waals surface area contributed by atoms with Gasteiger partial charge in [0, 0.05) is 16.4 Å². The maximum Gasteiger partial charge on any atom is 0.352 e. The third kappa shape index (κ3) is 3.22. The highest BCUT2D eigenvalue weighted by molar-refractivity contribution is 7.18. The van der Waals surface area contributed by atoms with Crippen LogP contribution in [0.3, 0.4) is 0 Å². The Kier molecular flexibility index (Phi) is 4.45. The van der Waals surface area contributed by atoms with Crippen molar-refractivity contribution in [1.29, 1.82) is 0 Å². The van der Waals surface area contributed by atoms with Gasteiger partial charge in [0.1, 0.15) is 17.7 Å². The lowest BCUT2D eigenvalue weighted by atomic mass is 10.2. The summed E-state index contributed by atoms with van der Waals surface area (Å²) < 4.78 is 2.55. The molecule has 4 aromatic rings. The summed E-state index contributed by atoms with van der Waals surface area (Å²) in [7, 11) is 0. The van der Waals surface area contributed by atoms with Crippen molar-refractivity contribution in [1.82, 2.24) is 24.5 Å². The molecule has 7 nitrogen and oxygen atoms in total. The van der Waals surface area contributed by atoms with E-state index >= 15 is 0 Å². The maximum absolute atomic E-state index is 12.6. The molecule has 0 saturated carbocycles. The highest BCUT2D eigenvalue weighted by Crippen LogP contribution is 2.30. The topological polar surface area (TPSA) is 81.3 Å². The molecule has 1 amide bonds. The van der Waals surface area contributed by atoms with E-state index < -0.39 is 0 Å². The molecule has 0 unspecified atom stereocenters. The summed E-state index contributed by atoms with van der Waals surface area (Å²) in [5.74, 6) is -0.294. The normalized spacial score (nSPS) is 11.4. The lowest BCUT2D eigenvalue weighted by Gasteiger charge is -2.05. The number of nitrogens with zero attached hydrogens (tertiary/aromatic N) is 4. The van der Waals surface area contributed by atoms with E-state index in [1.807, 2.05) is 26.0 Å². The monoisotopic (exact) mass is 401 g/mol. The van der Waals surface area contributed by atoms with Crippen molar-refractivity contribution in [2.75, 3.05) is 0 Å². The molecule has 0 saturated heterocycles. The Bertz CT molecular complexity index is 1220. The molecular weight excluding hydrogens is 386 g/mol. The van der Waals surface area contributed by atoms with E-state index in [4.69, 9.17) is 11.6 Å². The Morgan fingerprint density at radius 1 is 1.26 bits per heavy atom. The number of aromatic nitrogens is 4. The molecule has 0 radical (unpaired) electrons. The predicted octanol–water partition coefficient (Wildman–Crippen LogP) is 2.69. The van der Waals surface area contributed by atoms with Gasteiger partial charge >= 0.3 is 5.69 Å². The van der Waals surface area contributed by atoms with Crippen molar-refractivity contribution in [3.63, 3.8) is 0 Å². The molecule has 0 aliphatic heterocycles. The van der Waals surface area contributed by atoms with Crippen LogP contribution in [0, 0.1) is 13.8 Å². The van der Waals surface area contributed by atoms with E-state index in [2.05, 4.69) is 15.4 Å². The Hall–Kier alpha value is -2.71. The first-order chi connectivity index (χ1) is 12.9. The van der Waals surface area contributed by atoms with E-state index in [0.717, 1.165) is 26.2 Å². The van der Waals surface area contributed by atoms with Crippen LogP contribution in [0.1, 0.15) is 16.0 Å². The summed E-state index contributed by atoms with van der Waals surface area (Å²) in [6.45, 7) is 4.19. The van der Waals surface area contributed by atoms with Gasteiger partial charge in [-0.25, -0.2) is 18.9 Å². The van der Waals surface area contributed by atoms with Gasteiger partial charge in [-0.15, -0.1) is 16.4 Å². The van der Waals surface area contributed by atoms with Crippen LogP contribution in [0.4, 0.5) is 0 Å². The number of carbonyl (C=O) groups is 1. The summed E-state index contributed by atoms with van der Waals surface area (Å²) in [6.07, 6.45) is 1.46. The first-order valence-electron chi connectivity index (χ1n) is 8.29. The van der Waals surface area contributed by atoms with Crippen molar-refractivity contribution < 1.29 is 4.79 Å². The lowest BCUT2D eigenvalue weighted by Crippen LogP contribution is -2.32. The Morgan fingerprint density at radius 3 is 2.74 bits per heavy atom. The SMILES string of the molecule is Cc1sc2ncn3c(=O)n(CC(=O)NCc4ccc(Cl)cc4)nc3c2c1C. The zero-order valence-electron chi connectivity index (χ0n) is 14.7. The quantitative estimate of drug-likeness (QED) is 0.570. The van der Waals surface area contributed by atoms with E-state index in [1.54, 1.807) is 23.5 Å². The molecule has 3 aromatic heterocycles. The number of thiophene rings is 1. The molecule has 27 heavy (non-hydrogen) atoms. The molecule has 1 aromatic carbocycles. The molecule has 0 aliphatic rings. The lowest BCUT2D eigenvalue weighted by molar-refractivity contribution is -0.122. The van der Waals surface area contributed by atoms with Crippen LogP contribution in [-0.2, 0) is 17.9 Å². The highest BCUT2D eigenvalue weighted by Gasteiger charge is 2.17. The van der Waals surface area contributed by atoms with E-state index in [9.17, 15) is 9.59 Å². The Labute approximate surface area is 163 Å². The number of carbonyl (C=O) groups excluding carboxylic acids is 1. The van der Waals surface area contributed by atoms with Crippen molar-refractivity contribution in [2.24, 2.45) is 0 Å². The van der Waals surface area contributed by atoms with Crippen LogP contribution < -0.4 is 11.0 Å². The van der Waals surface area contributed by atoms with Gasteiger partial charge in [-0.1, -0.05) is 23.7 Å². The number of hydrogen-bond donors (Lipinski definition) is 1. The standard InChI is InChI=1S/C18H16ClN5O2S/c1-10-11(2)27-17-15(10)16-22-24(18(26)23(16)9-21-17)8-14(25)20-7-12-3-5-13(19)6-4-12/h3-6,9H,7-8H2,1-2H3,(H,20,25). The molecule has 0 atom stereocenters. The number of aryl methyl sites for hydroxylation is 2. The highest BCUT2D eigenvalue weighted by atomic mass is 35.5. The Morgan fingerprint density at radius 2 is 2.00 bits per heavy atom. The van der Waals surface area contributed by atoms with Crippen LogP contribution in [-0.4, -0.2) is 25.1 Å². The second-order valence-corrected chi connectivity index (χ2v) is 7.88. The fourth-order valence-corrected chi connectivity index (χ4v) is 3.98. The maximum atomic E-state index is 12.6. The van der Waals surface area contributed by atoms with Gasteiger partial charge in [-0.3, -0.25) is 4.79 Å². The molecule has 0 spiro atoms. The molecule has 4 rings (SSSR count). The van der Waals surface area contributed by atoms with Crippen LogP contribution in [0.2, 0.25) is 5.02 Å². The smallest absolute Gasteiger partial charge is 0.350 e. The average molecular weight is 402 g/mol. The van der Waals surface area contributed by atoms with Crippen LogP contribution in [0.5, 0.6) is 0 Å². The second-order valence-electron chi connectivity index (χ2n) is 6.24. The zero-order valence-corrected chi connectivity index (χ0v) is 16.3. The number of benzene rings is 1. The van der Waals surface area contributed by atoms with Gasteiger partial charge in [-0.05, 0) is 37.1 Å². The van der Waals surface area contributed by atoms with Crippen LogP contribution in [0.15, 0.2) is 35.4 Å². The fraction of sp³-hybridized carbons (Fsp3) is 0.222. The molecule has 1 N–H and O–H groups in total. The van der Waals surface area contributed by atoms with E-state index in [-0.39, 0.29) is 18.1 Å². The zero-order chi connectivity index (χ0) is 19.1. The molecule has 9 heteroatoms. The number of halogens is 1. The number of nitrogens with one attached hydrogen (secondary N) is 1. The van der Waals surface area contributed by atoms with Gasteiger partial charge in [0.15, 0.2) is 5.65 Å². The van der Waals surface area contributed by atoms with Crippen LogP contribution >= 0.6 is 22.9 Å². The third-order valence-electron chi connectivity index (χ3n) is 4.45. The first-order valence-corrected chi connectivity index (χ1v) is 9.48. The van der Waals surface area contributed by atoms with Crippen molar-refractivity contribution in [2.45, 2.75) is 26.9 Å². The van der Waals surface area contributed by atoms with Crippen molar-refractivity contribution in [3.05, 3.63) is 62.1 Å². The van der Waals surface area contributed by atoms with E-state index in [1.165, 1.54) is 15.4 Å². The summed E-state index contributed by atoms with van der Waals surface area (Å²) >= 11 is 7.42. The molecular formula is C18H16ClN5O2S. The summed E-state index contributed by atoms with van der Waals surface area (Å²) in [5.41, 5.74) is 2.12. The largest absolute Gasteiger partial charge is 0.352 e. The second kappa shape index (κ2) is 6.79. The molecule has 0 fully saturated rings. The third-order valence-corrected chi connectivity index (χ3v) is 5.81. The summed E-state index contributed by atoms with van der Waals surface area (Å²) in [4.78, 5) is 31.1. The summed E-state index contributed by atoms with van der Waals surface area (Å²) in [5, 5.41) is 8.66. The minimum absolute atomic E-state index is 0.155. The Balaban J connectivity index is 1.59. The van der Waals surface area contributed by atoms with Gasteiger partial charge < -0.3 is 5.32 Å². The number of hydrogen-bond acceptors (Lipinski definition) is 5. The molecule has 0 aliphatic carbocycles. The fourth-order valence-electron chi connectivity index (χ4n) is 2.87. The average Bonchev–Trinajstić information content (AvgIpc) is 3.11. The molecule has 3 heterocycles. The number of amides is 1. The summed E-state index contributed by atoms with van der Waals surface area (Å²) in [6, 6.07) is 7.20. The molecule has 138 valence electrons. The number of fused-ring (bicyclic) bond motifs is 3. The molecule has 0 bridgehead atoms. The van der Waals surface area contributed by atoms with E-state index in [0.29, 0.717) is 17.2 Å². The first kappa shape index (κ1) is 17.7. The van der Waals surface area contributed by atoms with Crippen molar-refractivity contribution in [3.8, 4) is 0 Å². The van der Waals surface area contributed by atoms with Gasteiger partial charge in [-0.2, -0.15) is 0 Å². The van der Waals surface area contributed by atoms with Crippen molar-refractivity contribution >= 4 is 44.7 Å². The van der Waals surface area contributed by atoms with Crippen LogP contribution in [0.25, 0.3) is 15.9 Å². The number of rotatable bonds is 4. The minimum Gasteiger partial charge on any atom is -0.350 e. The predicted molar refractivity (Wildman–Crippen MR) is 105 cm³/mol. The minimum atomic E-state index is -0.385.